The Bertz CT molecular complexity index is 333. The summed E-state index contributed by atoms with van der Waals surface area (Å²) in [5.74, 6) is -0.324. The summed E-state index contributed by atoms with van der Waals surface area (Å²) in [5.41, 5.74) is 0.612. The molecule has 0 spiro atoms. The predicted molar refractivity (Wildman–Crippen MR) is 65.2 cm³/mol. The summed E-state index contributed by atoms with van der Waals surface area (Å²) in [7, 11) is 1.94. The molecule has 1 aromatic carbocycles. The highest BCUT2D eigenvalue weighted by molar-refractivity contribution is 5.18. The molecule has 96 valence electrons. The molecule has 0 aliphatic rings. The SMILES string of the molecule is CN(CCCO)CCC(O)c1cccc(F)c1. The van der Waals surface area contributed by atoms with Crippen LogP contribution in [0, 0.1) is 5.82 Å². The van der Waals surface area contributed by atoms with E-state index in [9.17, 15) is 9.50 Å². The lowest BCUT2D eigenvalue weighted by Gasteiger charge is -2.18. The molecular formula is C13H20FNO2. The third-order valence-corrected chi connectivity index (χ3v) is 2.72. The van der Waals surface area contributed by atoms with Crippen LogP contribution in [-0.2, 0) is 0 Å². The van der Waals surface area contributed by atoms with Crippen molar-refractivity contribution in [2.75, 3.05) is 26.7 Å². The number of aliphatic hydroxyl groups excluding tert-OH is 2. The lowest BCUT2D eigenvalue weighted by Crippen LogP contribution is -2.23. The van der Waals surface area contributed by atoms with Gasteiger partial charge >= 0.3 is 0 Å². The second-order valence-electron chi connectivity index (χ2n) is 4.24. The molecule has 0 aliphatic heterocycles. The monoisotopic (exact) mass is 241 g/mol. The van der Waals surface area contributed by atoms with E-state index in [0.717, 1.165) is 19.5 Å². The van der Waals surface area contributed by atoms with Gasteiger partial charge in [-0.1, -0.05) is 12.1 Å². The zero-order valence-corrected chi connectivity index (χ0v) is 10.1. The molecule has 0 heterocycles. The van der Waals surface area contributed by atoms with E-state index < -0.39 is 6.10 Å². The van der Waals surface area contributed by atoms with Gasteiger partial charge in [-0.05, 0) is 37.6 Å². The fourth-order valence-corrected chi connectivity index (χ4v) is 1.68. The van der Waals surface area contributed by atoms with Gasteiger partial charge in [0.2, 0.25) is 0 Å². The Morgan fingerprint density at radius 2 is 2.12 bits per heavy atom. The average Bonchev–Trinajstić information content (AvgIpc) is 2.33. The van der Waals surface area contributed by atoms with Crippen LogP contribution in [-0.4, -0.2) is 41.9 Å². The minimum Gasteiger partial charge on any atom is -0.396 e. The fraction of sp³-hybridized carbons (Fsp3) is 0.538. The van der Waals surface area contributed by atoms with Crippen LogP contribution in [0.15, 0.2) is 24.3 Å². The molecule has 0 fully saturated rings. The summed E-state index contributed by atoms with van der Waals surface area (Å²) in [5, 5.41) is 18.6. The highest BCUT2D eigenvalue weighted by Crippen LogP contribution is 2.17. The van der Waals surface area contributed by atoms with Gasteiger partial charge in [-0.15, -0.1) is 0 Å². The number of nitrogens with zero attached hydrogens (tertiary/aromatic N) is 1. The van der Waals surface area contributed by atoms with Gasteiger partial charge in [-0.3, -0.25) is 0 Å². The van der Waals surface area contributed by atoms with Crippen LogP contribution in [0.1, 0.15) is 24.5 Å². The van der Waals surface area contributed by atoms with Gasteiger partial charge in [-0.2, -0.15) is 0 Å². The standard InChI is InChI=1S/C13H20FNO2/c1-15(7-3-9-16)8-6-13(17)11-4-2-5-12(14)10-11/h2,4-5,10,13,16-17H,3,6-9H2,1H3. The summed E-state index contributed by atoms with van der Waals surface area (Å²) >= 11 is 0. The summed E-state index contributed by atoms with van der Waals surface area (Å²) in [6.45, 7) is 1.70. The maximum absolute atomic E-state index is 12.9. The molecule has 0 saturated carbocycles. The molecular weight excluding hydrogens is 221 g/mol. The maximum atomic E-state index is 12.9. The van der Waals surface area contributed by atoms with Crippen LogP contribution in [0.25, 0.3) is 0 Å². The van der Waals surface area contributed by atoms with Crippen molar-refractivity contribution in [3.63, 3.8) is 0 Å². The Balaban J connectivity index is 2.36. The Labute approximate surface area is 101 Å². The van der Waals surface area contributed by atoms with Gasteiger partial charge in [0.25, 0.3) is 0 Å². The van der Waals surface area contributed by atoms with Crippen LogP contribution in [0.2, 0.25) is 0 Å². The normalized spacial score (nSPS) is 13.0. The van der Waals surface area contributed by atoms with Gasteiger partial charge in [0.15, 0.2) is 0 Å². The van der Waals surface area contributed by atoms with Gasteiger partial charge in [0.1, 0.15) is 5.82 Å². The van der Waals surface area contributed by atoms with Crippen LogP contribution in [0.5, 0.6) is 0 Å². The van der Waals surface area contributed by atoms with Gasteiger partial charge in [0, 0.05) is 19.7 Å². The van der Waals surface area contributed by atoms with Crippen molar-refractivity contribution < 1.29 is 14.6 Å². The molecule has 0 radical (unpaired) electrons. The minimum atomic E-state index is -0.637. The molecule has 1 rings (SSSR count). The molecule has 3 nitrogen and oxygen atoms in total. The average molecular weight is 241 g/mol. The van der Waals surface area contributed by atoms with E-state index in [0.29, 0.717) is 12.0 Å². The molecule has 4 heteroatoms. The molecule has 0 amide bonds. The minimum absolute atomic E-state index is 0.177. The first kappa shape index (κ1) is 14.1. The Morgan fingerprint density at radius 3 is 2.76 bits per heavy atom. The Morgan fingerprint density at radius 1 is 1.35 bits per heavy atom. The number of hydrogen-bond acceptors (Lipinski definition) is 3. The zero-order chi connectivity index (χ0) is 12.7. The largest absolute Gasteiger partial charge is 0.396 e. The van der Waals surface area contributed by atoms with Crippen molar-refractivity contribution in [1.82, 2.24) is 4.90 Å². The Hall–Kier alpha value is -0.970. The lowest BCUT2D eigenvalue weighted by atomic mass is 10.1. The smallest absolute Gasteiger partial charge is 0.123 e. The number of halogens is 1. The first-order valence-electron chi connectivity index (χ1n) is 5.86. The topological polar surface area (TPSA) is 43.7 Å². The van der Waals surface area contributed by atoms with E-state index in [1.54, 1.807) is 12.1 Å². The van der Waals surface area contributed by atoms with E-state index >= 15 is 0 Å². The third-order valence-electron chi connectivity index (χ3n) is 2.72. The summed E-state index contributed by atoms with van der Waals surface area (Å²) in [6, 6.07) is 6.05. The van der Waals surface area contributed by atoms with E-state index in [1.807, 2.05) is 11.9 Å². The molecule has 1 aromatic rings. The van der Waals surface area contributed by atoms with Gasteiger partial charge in [-0.25, -0.2) is 4.39 Å². The highest BCUT2D eigenvalue weighted by Gasteiger charge is 2.09. The molecule has 0 saturated heterocycles. The summed E-state index contributed by atoms with van der Waals surface area (Å²) < 4.78 is 12.9. The van der Waals surface area contributed by atoms with Crippen LogP contribution in [0.3, 0.4) is 0 Å². The van der Waals surface area contributed by atoms with Gasteiger partial charge < -0.3 is 15.1 Å². The molecule has 2 N–H and O–H groups in total. The summed E-state index contributed by atoms with van der Waals surface area (Å²) in [6.07, 6.45) is 0.653. The quantitative estimate of drug-likeness (QED) is 0.761. The van der Waals surface area contributed by atoms with Crippen molar-refractivity contribution in [3.8, 4) is 0 Å². The second-order valence-corrected chi connectivity index (χ2v) is 4.24. The zero-order valence-electron chi connectivity index (χ0n) is 10.1. The van der Waals surface area contributed by atoms with Crippen LogP contribution >= 0.6 is 0 Å². The summed E-state index contributed by atoms with van der Waals surface area (Å²) in [4.78, 5) is 2.04. The highest BCUT2D eigenvalue weighted by atomic mass is 19.1. The van der Waals surface area contributed by atoms with Crippen LogP contribution < -0.4 is 0 Å². The van der Waals surface area contributed by atoms with Crippen molar-refractivity contribution in [1.29, 1.82) is 0 Å². The molecule has 0 aliphatic carbocycles. The number of benzene rings is 1. The lowest BCUT2D eigenvalue weighted by molar-refractivity contribution is 0.146. The maximum Gasteiger partial charge on any atom is 0.123 e. The van der Waals surface area contributed by atoms with Crippen molar-refractivity contribution >= 4 is 0 Å². The fourth-order valence-electron chi connectivity index (χ4n) is 1.68. The first-order valence-corrected chi connectivity index (χ1v) is 5.86. The molecule has 17 heavy (non-hydrogen) atoms. The molecule has 1 unspecified atom stereocenters. The predicted octanol–water partition coefficient (Wildman–Crippen LogP) is 1.56. The van der Waals surface area contributed by atoms with Crippen molar-refractivity contribution in [2.24, 2.45) is 0 Å². The first-order chi connectivity index (χ1) is 8.13. The van der Waals surface area contributed by atoms with Crippen LogP contribution in [0.4, 0.5) is 4.39 Å². The van der Waals surface area contributed by atoms with Crippen molar-refractivity contribution in [3.05, 3.63) is 35.6 Å². The van der Waals surface area contributed by atoms with Gasteiger partial charge in [0.05, 0.1) is 6.10 Å². The molecule has 0 bridgehead atoms. The van der Waals surface area contributed by atoms with E-state index in [1.165, 1.54) is 12.1 Å². The number of hydrogen-bond donors (Lipinski definition) is 2. The number of rotatable bonds is 7. The van der Waals surface area contributed by atoms with E-state index in [2.05, 4.69) is 0 Å². The Kier molecular flexibility index (Phi) is 6.11. The van der Waals surface area contributed by atoms with E-state index in [-0.39, 0.29) is 12.4 Å². The number of aliphatic hydroxyl groups is 2. The van der Waals surface area contributed by atoms with Crippen molar-refractivity contribution in [2.45, 2.75) is 18.9 Å². The molecule has 0 aromatic heterocycles. The second kappa shape index (κ2) is 7.37. The third kappa shape index (κ3) is 5.26. The van der Waals surface area contributed by atoms with E-state index in [4.69, 9.17) is 5.11 Å². The molecule has 1 atom stereocenters.